The molecule has 0 aromatic carbocycles. The summed E-state index contributed by atoms with van der Waals surface area (Å²) in [5.41, 5.74) is 5.90. The quantitative estimate of drug-likeness (QED) is 0.755. The lowest BCUT2D eigenvalue weighted by molar-refractivity contribution is -0.131. The molecule has 3 heteroatoms. The molecule has 0 rings (SSSR count). The Balaban J connectivity index is 4.93. The number of rotatable bonds is 6. The molecular formula is C13H26N2O. The first-order valence-corrected chi connectivity index (χ1v) is 5.95. The van der Waals surface area contributed by atoms with Crippen LogP contribution in [-0.4, -0.2) is 29.8 Å². The minimum atomic E-state index is -0.331. The minimum absolute atomic E-state index is 0.132. The molecule has 0 spiro atoms. The van der Waals surface area contributed by atoms with Gasteiger partial charge < -0.3 is 5.73 Å². The van der Waals surface area contributed by atoms with Crippen LogP contribution in [0.4, 0.5) is 0 Å². The maximum atomic E-state index is 12.3. The summed E-state index contributed by atoms with van der Waals surface area (Å²) in [4.78, 5) is 14.5. The maximum Gasteiger partial charge on any atom is 0.155 e. The predicted octanol–water partition coefficient (Wildman–Crippen LogP) is 2.17. The van der Waals surface area contributed by atoms with Gasteiger partial charge in [-0.05, 0) is 13.1 Å². The van der Waals surface area contributed by atoms with E-state index in [2.05, 4.69) is 25.3 Å². The van der Waals surface area contributed by atoms with Crippen molar-refractivity contribution in [2.24, 2.45) is 11.1 Å². The van der Waals surface area contributed by atoms with E-state index in [-0.39, 0.29) is 17.2 Å². The number of carbonyl (C=O) groups excluding carboxylic acids is 1. The number of hydrogen-bond acceptors (Lipinski definition) is 3. The number of Topliss-reactive ketones (excluding diaryl/α,β-unsaturated/α-hetero) is 1. The molecule has 2 N–H and O–H groups in total. The molecular weight excluding hydrogens is 200 g/mol. The Labute approximate surface area is 99.7 Å². The molecule has 16 heavy (non-hydrogen) atoms. The van der Waals surface area contributed by atoms with Crippen LogP contribution in [0.1, 0.15) is 41.0 Å². The van der Waals surface area contributed by atoms with Crippen LogP contribution in [0.3, 0.4) is 0 Å². The van der Waals surface area contributed by atoms with Crippen LogP contribution in [0.2, 0.25) is 0 Å². The fourth-order valence-electron chi connectivity index (χ4n) is 1.80. The van der Waals surface area contributed by atoms with Gasteiger partial charge in [0.25, 0.3) is 0 Å². The van der Waals surface area contributed by atoms with Gasteiger partial charge in [0.05, 0.1) is 6.04 Å². The Morgan fingerprint density at radius 2 is 1.75 bits per heavy atom. The first-order chi connectivity index (χ1) is 7.23. The van der Waals surface area contributed by atoms with E-state index in [4.69, 9.17) is 5.73 Å². The Kier molecular flexibility index (Phi) is 5.73. The number of nitrogens with two attached hydrogens (primary N) is 1. The monoisotopic (exact) mass is 226 g/mol. The van der Waals surface area contributed by atoms with Gasteiger partial charge in [-0.15, -0.1) is 0 Å². The smallest absolute Gasteiger partial charge is 0.155 e. The van der Waals surface area contributed by atoms with Crippen LogP contribution >= 0.6 is 0 Å². The third kappa shape index (κ3) is 4.35. The first-order valence-electron chi connectivity index (χ1n) is 5.95. The summed E-state index contributed by atoms with van der Waals surface area (Å²) in [6.45, 7) is 15.4. The van der Waals surface area contributed by atoms with Gasteiger partial charge in [0, 0.05) is 17.5 Å². The van der Waals surface area contributed by atoms with E-state index in [1.807, 2.05) is 20.8 Å². The Bertz CT molecular complexity index is 249. The first kappa shape index (κ1) is 15.2. The van der Waals surface area contributed by atoms with Gasteiger partial charge in [0.1, 0.15) is 0 Å². The molecule has 0 aromatic rings. The Morgan fingerprint density at radius 3 is 2.00 bits per heavy atom. The van der Waals surface area contributed by atoms with Crippen molar-refractivity contribution in [1.82, 2.24) is 4.90 Å². The summed E-state index contributed by atoms with van der Waals surface area (Å²) >= 11 is 0. The fourth-order valence-corrected chi connectivity index (χ4v) is 1.80. The van der Waals surface area contributed by atoms with Gasteiger partial charge in [0.2, 0.25) is 0 Å². The van der Waals surface area contributed by atoms with Crippen molar-refractivity contribution in [2.45, 2.75) is 47.1 Å². The van der Waals surface area contributed by atoms with E-state index in [1.165, 1.54) is 0 Å². The van der Waals surface area contributed by atoms with Gasteiger partial charge in [-0.1, -0.05) is 41.2 Å². The van der Waals surface area contributed by atoms with Crippen molar-refractivity contribution in [2.75, 3.05) is 13.1 Å². The van der Waals surface area contributed by atoms with E-state index in [0.717, 1.165) is 13.1 Å². The van der Waals surface area contributed by atoms with Crippen LogP contribution < -0.4 is 5.73 Å². The molecule has 0 saturated heterocycles. The maximum absolute atomic E-state index is 12.3. The molecule has 0 fully saturated rings. The Morgan fingerprint density at radius 1 is 1.31 bits per heavy atom. The van der Waals surface area contributed by atoms with Crippen LogP contribution in [0.15, 0.2) is 12.3 Å². The fraction of sp³-hybridized carbons (Fsp3) is 0.769. The topological polar surface area (TPSA) is 46.3 Å². The summed E-state index contributed by atoms with van der Waals surface area (Å²) in [5, 5.41) is 0. The van der Waals surface area contributed by atoms with Gasteiger partial charge in [-0.25, -0.2) is 0 Å². The summed E-state index contributed by atoms with van der Waals surface area (Å²) in [6.07, 6.45) is 0.553. The lowest BCUT2D eigenvalue weighted by Gasteiger charge is -2.33. The van der Waals surface area contributed by atoms with Crippen molar-refractivity contribution < 1.29 is 4.79 Å². The number of likely N-dealkylation sites (N-methyl/N-ethyl adjacent to an activating group) is 1. The highest BCUT2D eigenvalue weighted by Gasteiger charge is 2.32. The zero-order chi connectivity index (χ0) is 12.9. The molecule has 0 saturated carbocycles. The molecule has 3 nitrogen and oxygen atoms in total. The highest BCUT2D eigenvalue weighted by Crippen LogP contribution is 2.22. The lowest BCUT2D eigenvalue weighted by Crippen LogP contribution is -2.46. The normalized spacial score (nSPS) is 13.9. The number of carbonyl (C=O) groups is 1. The molecule has 1 atom stereocenters. The van der Waals surface area contributed by atoms with Crippen molar-refractivity contribution in [1.29, 1.82) is 0 Å². The molecule has 0 aromatic heterocycles. The minimum Gasteiger partial charge on any atom is -0.402 e. The molecule has 0 amide bonds. The van der Waals surface area contributed by atoms with E-state index in [1.54, 1.807) is 0 Å². The van der Waals surface area contributed by atoms with Crippen LogP contribution in [0.5, 0.6) is 0 Å². The van der Waals surface area contributed by atoms with E-state index in [0.29, 0.717) is 12.1 Å². The van der Waals surface area contributed by atoms with Crippen LogP contribution in [-0.2, 0) is 4.79 Å². The van der Waals surface area contributed by atoms with Gasteiger partial charge in [0.15, 0.2) is 5.78 Å². The molecule has 0 radical (unpaired) electrons. The lowest BCUT2D eigenvalue weighted by atomic mass is 9.84. The third-order valence-electron chi connectivity index (χ3n) is 2.75. The molecule has 0 bridgehead atoms. The Hall–Kier alpha value is -0.830. The van der Waals surface area contributed by atoms with Gasteiger partial charge >= 0.3 is 0 Å². The highest BCUT2D eigenvalue weighted by atomic mass is 16.1. The summed E-state index contributed by atoms with van der Waals surface area (Å²) in [5.74, 6) is 0.239. The van der Waals surface area contributed by atoms with Crippen molar-refractivity contribution in [3.8, 4) is 0 Å². The van der Waals surface area contributed by atoms with Crippen LogP contribution in [0.25, 0.3) is 0 Å². The average molecular weight is 226 g/mol. The average Bonchev–Trinajstić information content (AvgIpc) is 2.15. The molecule has 0 aliphatic rings. The number of nitrogens with zero attached hydrogens (tertiary/aromatic N) is 1. The van der Waals surface area contributed by atoms with Crippen LogP contribution in [0, 0.1) is 5.41 Å². The molecule has 1 unspecified atom stereocenters. The van der Waals surface area contributed by atoms with E-state index < -0.39 is 0 Å². The zero-order valence-corrected chi connectivity index (χ0v) is 11.3. The number of ketones is 1. The zero-order valence-electron chi connectivity index (χ0n) is 11.3. The SMILES string of the molecule is C=C(N)CC(C(=O)C(C)(C)C)N(CC)CC. The second-order valence-corrected chi connectivity index (χ2v) is 5.21. The molecule has 0 aliphatic carbocycles. The van der Waals surface area contributed by atoms with Crippen molar-refractivity contribution in [3.05, 3.63) is 12.3 Å². The van der Waals surface area contributed by atoms with Crippen molar-refractivity contribution in [3.63, 3.8) is 0 Å². The second kappa shape index (κ2) is 6.04. The van der Waals surface area contributed by atoms with Gasteiger partial charge in [-0.3, -0.25) is 9.69 Å². The van der Waals surface area contributed by atoms with E-state index >= 15 is 0 Å². The number of hydrogen-bond donors (Lipinski definition) is 1. The largest absolute Gasteiger partial charge is 0.402 e. The van der Waals surface area contributed by atoms with E-state index in [9.17, 15) is 4.79 Å². The second-order valence-electron chi connectivity index (χ2n) is 5.21. The summed E-state index contributed by atoms with van der Waals surface area (Å²) in [6, 6.07) is -0.132. The predicted molar refractivity (Wildman–Crippen MR) is 69.1 cm³/mol. The molecule has 0 aliphatic heterocycles. The molecule has 0 heterocycles. The standard InChI is InChI=1S/C13H26N2O/c1-7-15(8-2)11(9-10(3)14)12(16)13(4,5)6/h11H,3,7-9,14H2,1-2,4-6H3. The van der Waals surface area contributed by atoms with Crippen molar-refractivity contribution >= 4 is 5.78 Å². The van der Waals surface area contributed by atoms with Gasteiger partial charge in [-0.2, -0.15) is 0 Å². The highest BCUT2D eigenvalue weighted by molar-refractivity contribution is 5.89. The molecule has 94 valence electrons. The third-order valence-corrected chi connectivity index (χ3v) is 2.75. The summed E-state index contributed by atoms with van der Waals surface area (Å²) < 4.78 is 0. The summed E-state index contributed by atoms with van der Waals surface area (Å²) in [7, 11) is 0.